The number of hydrogen-bond donors (Lipinski definition) is 2. The Morgan fingerprint density at radius 3 is 2.80 bits per heavy atom. The van der Waals surface area contributed by atoms with Crippen molar-refractivity contribution in [3.8, 4) is 0 Å². The first-order valence-corrected chi connectivity index (χ1v) is 6.79. The van der Waals surface area contributed by atoms with Crippen LogP contribution in [0.4, 0.5) is 10.5 Å². The van der Waals surface area contributed by atoms with E-state index in [9.17, 15) is 9.59 Å². The summed E-state index contributed by atoms with van der Waals surface area (Å²) in [7, 11) is 1.79. The molecule has 0 radical (unpaired) electrons. The van der Waals surface area contributed by atoms with Gasteiger partial charge in [-0.2, -0.15) is 5.10 Å². The highest BCUT2D eigenvalue weighted by Crippen LogP contribution is 2.29. The van der Waals surface area contributed by atoms with Gasteiger partial charge in [-0.05, 0) is 25.2 Å². The number of anilines is 1. The van der Waals surface area contributed by atoms with Crippen molar-refractivity contribution in [1.82, 2.24) is 14.7 Å². The number of carbonyl (C=O) groups excluding carboxylic acids is 1. The van der Waals surface area contributed by atoms with Gasteiger partial charge in [0.05, 0.1) is 11.4 Å². The SMILES string of the molecule is CCc1nn(C)cc1NC(=O)N(CC(=O)O)CC1CC1. The smallest absolute Gasteiger partial charge is 0.323 e. The summed E-state index contributed by atoms with van der Waals surface area (Å²) in [4.78, 5) is 24.4. The normalized spacial score (nSPS) is 14.1. The Morgan fingerprint density at radius 1 is 1.55 bits per heavy atom. The van der Waals surface area contributed by atoms with E-state index < -0.39 is 5.97 Å². The molecule has 0 unspecified atom stereocenters. The average Bonchev–Trinajstić information content (AvgIpc) is 3.11. The van der Waals surface area contributed by atoms with Crippen LogP contribution in [0.3, 0.4) is 0 Å². The Bertz CT molecular complexity index is 508. The summed E-state index contributed by atoms with van der Waals surface area (Å²) in [6.45, 7) is 2.18. The topological polar surface area (TPSA) is 87.5 Å². The Balaban J connectivity index is 2.04. The quantitative estimate of drug-likeness (QED) is 0.822. The van der Waals surface area contributed by atoms with Gasteiger partial charge >= 0.3 is 12.0 Å². The van der Waals surface area contributed by atoms with E-state index in [4.69, 9.17) is 5.11 Å². The summed E-state index contributed by atoms with van der Waals surface area (Å²) in [6, 6.07) is -0.373. The van der Waals surface area contributed by atoms with Gasteiger partial charge in [0.2, 0.25) is 0 Å². The maximum atomic E-state index is 12.2. The van der Waals surface area contributed by atoms with Crippen molar-refractivity contribution in [2.45, 2.75) is 26.2 Å². The van der Waals surface area contributed by atoms with Gasteiger partial charge in [-0.15, -0.1) is 0 Å². The van der Waals surface area contributed by atoms with Crippen LogP contribution in [-0.2, 0) is 18.3 Å². The molecule has 2 amide bonds. The highest BCUT2D eigenvalue weighted by atomic mass is 16.4. The number of carboxylic acids is 1. The summed E-state index contributed by atoms with van der Waals surface area (Å²) < 4.78 is 1.64. The van der Waals surface area contributed by atoms with Crippen molar-refractivity contribution in [3.05, 3.63) is 11.9 Å². The second kappa shape index (κ2) is 5.94. The lowest BCUT2D eigenvalue weighted by atomic mass is 10.3. The lowest BCUT2D eigenvalue weighted by Crippen LogP contribution is -2.40. The molecule has 7 heteroatoms. The highest BCUT2D eigenvalue weighted by molar-refractivity contribution is 5.91. The van der Waals surface area contributed by atoms with E-state index >= 15 is 0 Å². The molecule has 1 aromatic heterocycles. The van der Waals surface area contributed by atoms with Crippen LogP contribution < -0.4 is 5.32 Å². The molecule has 2 N–H and O–H groups in total. The maximum absolute atomic E-state index is 12.2. The summed E-state index contributed by atoms with van der Waals surface area (Å²) >= 11 is 0. The lowest BCUT2D eigenvalue weighted by molar-refractivity contribution is -0.137. The van der Waals surface area contributed by atoms with Gasteiger partial charge in [0.25, 0.3) is 0 Å². The predicted octanol–water partition coefficient (Wildman–Crippen LogP) is 1.31. The number of carbonyl (C=O) groups is 2. The third-order valence-corrected chi connectivity index (χ3v) is 3.27. The molecule has 20 heavy (non-hydrogen) atoms. The van der Waals surface area contributed by atoms with E-state index in [-0.39, 0.29) is 12.6 Å². The number of nitrogens with one attached hydrogen (secondary N) is 1. The van der Waals surface area contributed by atoms with Crippen LogP contribution in [0.1, 0.15) is 25.5 Å². The zero-order valence-electron chi connectivity index (χ0n) is 11.8. The van der Waals surface area contributed by atoms with Crippen LogP contribution in [0.5, 0.6) is 0 Å². The minimum Gasteiger partial charge on any atom is -0.480 e. The number of aliphatic carboxylic acids is 1. The molecule has 0 atom stereocenters. The van der Waals surface area contributed by atoms with E-state index in [1.54, 1.807) is 17.9 Å². The molecule has 0 aliphatic heterocycles. The fourth-order valence-electron chi connectivity index (χ4n) is 2.09. The first kappa shape index (κ1) is 14.4. The molecule has 1 aromatic rings. The van der Waals surface area contributed by atoms with Gasteiger partial charge in [0.1, 0.15) is 6.54 Å². The van der Waals surface area contributed by atoms with Crippen molar-refractivity contribution in [2.75, 3.05) is 18.4 Å². The van der Waals surface area contributed by atoms with Gasteiger partial charge in [0, 0.05) is 19.8 Å². The van der Waals surface area contributed by atoms with Crippen molar-refractivity contribution in [3.63, 3.8) is 0 Å². The van der Waals surface area contributed by atoms with Gasteiger partial charge in [-0.3, -0.25) is 9.48 Å². The number of hydrogen-bond acceptors (Lipinski definition) is 3. The van der Waals surface area contributed by atoms with Crippen molar-refractivity contribution < 1.29 is 14.7 Å². The molecule has 0 spiro atoms. The molecule has 1 heterocycles. The fraction of sp³-hybridized carbons (Fsp3) is 0.615. The molecule has 110 valence electrons. The van der Waals surface area contributed by atoms with Crippen LogP contribution in [0.2, 0.25) is 0 Å². The third kappa shape index (κ3) is 3.72. The van der Waals surface area contributed by atoms with Crippen LogP contribution in [-0.4, -0.2) is 44.9 Å². The first-order valence-electron chi connectivity index (χ1n) is 6.79. The Hall–Kier alpha value is -2.05. The summed E-state index contributed by atoms with van der Waals surface area (Å²) in [5.41, 5.74) is 1.44. The highest BCUT2D eigenvalue weighted by Gasteiger charge is 2.28. The third-order valence-electron chi connectivity index (χ3n) is 3.27. The molecule has 1 saturated carbocycles. The van der Waals surface area contributed by atoms with E-state index in [0.29, 0.717) is 24.6 Å². The van der Waals surface area contributed by atoms with Crippen molar-refractivity contribution in [1.29, 1.82) is 0 Å². The minimum absolute atomic E-state index is 0.274. The fourth-order valence-corrected chi connectivity index (χ4v) is 2.09. The van der Waals surface area contributed by atoms with Crippen molar-refractivity contribution in [2.24, 2.45) is 13.0 Å². The average molecular weight is 280 g/mol. The molecule has 1 fully saturated rings. The Labute approximate surface area is 117 Å². The number of aromatic nitrogens is 2. The van der Waals surface area contributed by atoms with E-state index in [1.165, 1.54) is 4.90 Å². The Morgan fingerprint density at radius 2 is 2.25 bits per heavy atom. The van der Waals surface area contributed by atoms with Gasteiger partial charge in [-0.1, -0.05) is 6.92 Å². The standard InChI is InChI=1S/C13H20N4O3/c1-3-10-11(7-16(2)15-10)14-13(20)17(8-12(18)19)6-9-4-5-9/h7,9H,3-6,8H2,1-2H3,(H,14,20)(H,18,19). The molecule has 1 aliphatic rings. The summed E-state index contributed by atoms with van der Waals surface area (Å²) in [5.74, 6) is -0.553. The number of amides is 2. The number of urea groups is 1. The predicted molar refractivity (Wildman–Crippen MR) is 73.5 cm³/mol. The molecule has 0 bridgehead atoms. The molecule has 0 aromatic carbocycles. The molecular formula is C13H20N4O3. The number of nitrogens with zero attached hydrogens (tertiary/aromatic N) is 3. The molecule has 0 saturated heterocycles. The van der Waals surface area contributed by atoms with E-state index in [0.717, 1.165) is 18.5 Å². The monoisotopic (exact) mass is 280 g/mol. The van der Waals surface area contributed by atoms with Crippen LogP contribution in [0, 0.1) is 5.92 Å². The second-order valence-corrected chi connectivity index (χ2v) is 5.16. The maximum Gasteiger partial charge on any atom is 0.323 e. The summed E-state index contributed by atoms with van der Waals surface area (Å²) in [6.07, 6.45) is 4.57. The van der Waals surface area contributed by atoms with Gasteiger partial charge in [-0.25, -0.2) is 4.79 Å². The van der Waals surface area contributed by atoms with E-state index in [2.05, 4.69) is 10.4 Å². The molecule has 1 aliphatic carbocycles. The van der Waals surface area contributed by atoms with E-state index in [1.807, 2.05) is 6.92 Å². The van der Waals surface area contributed by atoms with Crippen molar-refractivity contribution >= 4 is 17.7 Å². The van der Waals surface area contributed by atoms with Gasteiger partial charge in [0.15, 0.2) is 0 Å². The number of rotatable bonds is 6. The molecule has 7 nitrogen and oxygen atoms in total. The van der Waals surface area contributed by atoms with Crippen LogP contribution >= 0.6 is 0 Å². The molecular weight excluding hydrogens is 260 g/mol. The van der Waals surface area contributed by atoms with Crippen LogP contribution in [0.25, 0.3) is 0 Å². The zero-order valence-corrected chi connectivity index (χ0v) is 11.8. The first-order chi connectivity index (χ1) is 9.49. The lowest BCUT2D eigenvalue weighted by Gasteiger charge is -2.20. The largest absolute Gasteiger partial charge is 0.480 e. The number of carboxylic acid groups (broad SMARTS) is 1. The molecule has 2 rings (SSSR count). The minimum atomic E-state index is -0.997. The van der Waals surface area contributed by atoms with Crippen LogP contribution in [0.15, 0.2) is 6.20 Å². The number of aryl methyl sites for hydroxylation is 2. The van der Waals surface area contributed by atoms with Gasteiger partial charge < -0.3 is 15.3 Å². The zero-order chi connectivity index (χ0) is 14.7. The second-order valence-electron chi connectivity index (χ2n) is 5.16. The summed E-state index contributed by atoms with van der Waals surface area (Å²) in [5, 5.41) is 15.9. The Kier molecular flexibility index (Phi) is 4.26.